The summed E-state index contributed by atoms with van der Waals surface area (Å²) in [5.74, 6) is 1.55. The van der Waals surface area contributed by atoms with E-state index in [4.69, 9.17) is 5.73 Å². The summed E-state index contributed by atoms with van der Waals surface area (Å²) in [5, 5.41) is 3.02. The molecule has 0 bridgehead atoms. The summed E-state index contributed by atoms with van der Waals surface area (Å²) >= 11 is 0. The lowest BCUT2D eigenvalue weighted by Gasteiger charge is -2.27. The van der Waals surface area contributed by atoms with Gasteiger partial charge in [-0.25, -0.2) is 0 Å². The molecule has 0 aromatic heterocycles. The molecule has 1 amide bonds. The van der Waals surface area contributed by atoms with Gasteiger partial charge in [0.2, 0.25) is 5.91 Å². The van der Waals surface area contributed by atoms with Gasteiger partial charge in [0.15, 0.2) is 0 Å². The molecule has 1 rings (SSSR count). The number of rotatable bonds is 4. The molecule has 0 aromatic rings. The van der Waals surface area contributed by atoms with Gasteiger partial charge in [-0.05, 0) is 37.6 Å². The van der Waals surface area contributed by atoms with Gasteiger partial charge >= 0.3 is 0 Å². The summed E-state index contributed by atoms with van der Waals surface area (Å²) in [6.07, 6.45) is 4.38. The molecule has 0 spiro atoms. The van der Waals surface area contributed by atoms with E-state index in [0.717, 1.165) is 32.4 Å². The molecule has 15 heavy (non-hydrogen) atoms. The first-order valence-corrected chi connectivity index (χ1v) is 6.11. The molecule has 1 saturated carbocycles. The number of carbonyl (C=O) groups excluding carboxylic acids is 1. The minimum absolute atomic E-state index is 0.214. The highest BCUT2D eigenvalue weighted by molar-refractivity contribution is 5.78. The Morgan fingerprint density at radius 2 is 2.20 bits per heavy atom. The van der Waals surface area contributed by atoms with Crippen molar-refractivity contribution in [2.45, 2.75) is 39.5 Å². The van der Waals surface area contributed by atoms with Crippen LogP contribution in [0.2, 0.25) is 0 Å². The van der Waals surface area contributed by atoms with Gasteiger partial charge in [0.25, 0.3) is 0 Å². The summed E-state index contributed by atoms with van der Waals surface area (Å²) in [6.45, 7) is 5.75. The Morgan fingerprint density at radius 3 is 2.80 bits per heavy atom. The molecule has 0 heterocycles. The summed E-state index contributed by atoms with van der Waals surface area (Å²) in [5.41, 5.74) is 5.66. The van der Waals surface area contributed by atoms with Gasteiger partial charge in [0.05, 0.1) is 0 Å². The number of hydrogen-bond donors (Lipinski definition) is 2. The summed E-state index contributed by atoms with van der Waals surface area (Å²) in [6, 6.07) is 0. The van der Waals surface area contributed by atoms with E-state index in [9.17, 15) is 4.79 Å². The molecule has 3 nitrogen and oxygen atoms in total. The van der Waals surface area contributed by atoms with E-state index in [0.29, 0.717) is 11.8 Å². The van der Waals surface area contributed by atoms with Gasteiger partial charge in [0.1, 0.15) is 0 Å². The zero-order valence-electron chi connectivity index (χ0n) is 9.96. The molecule has 2 atom stereocenters. The monoisotopic (exact) mass is 212 g/mol. The van der Waals surface area contributed by atoms with E-state index < -0.39 is 0 Å². The number of carbonyl (C=O) groups is 1. The highest BCUT2D eigenvalue weighted by Crippen LogP contribution is 2.28. The zero-order chi connectivity index (χ0) is 11.3. The van der Waals surface area contributed by atoms with E-state index >= 15 is 0 Å². The Balaban J connectivity index is 2.32. The molecule has 3 N–H and O–H groups in total. The Morgan fingerprint density at radius 1 is 1.47 bits per heavy atom. The number of amides is 1. The first-order chi connectivity index (χ1) is 7.13. The Hall–Kier alpha value is -0.570. The minimum Gasteiger partial charge on any atom is -0.356 e. The molecule has 0 radical (unpaired) electrons. The molecular weight excluding hydrogens is 188 g/mol. The fourth-order valence-corrected chi connectivity index (χ4v) is 2.19. The van der Waals surface area contributed by atoms with E-state index in [1.807, 2.05) is 0 Å². The predicted molar refractivity (Wildman–Crippen MR) is 62.4 cm³/mol. The van der Waals surface area contributed by atoms with Crippen molar-refractivity contribution < 1.29 is 4.79 Å². The summed E-state index contributed by atoms with van der Waals surface area (Å²) in [7, 11) is 0. The van der Waals surface area contributed by atoms with Gasteiger partial charge < -0.3 is 11.1 Å². The van der Waals surface area contributed by atoms with Crippen LogP contribution in [0.5, 0.6) is 0 Å². The van der Waals surface area contributed by atoms with Crippen LogP contribution in [0, 0.1) is 17.8 Å². The molecule has 2 unspecified atom stereocenters. The SMILES string of the molecule is CC(C)CNC(=O)C1CCCC(CN)C1. The Kier molecular flexibility index (Phi) is 5.09. The molecule has 1 fully saturated rings. The van der Waals surface area contributed by atoms with Crippen LogP contribution in [-0.2, 0) is 4.79 Å². The van der Waals surface area contributed by atoms with Crippen molar-refractivity contribution in [3.63, 3.8) is 0 Å². The van der Waals surface area contributed by atoms with E-state index in [1.165, 1.54) is 6.42 Å². The van der Waals surface area contributed by atoms with Gasteiger partial charge in [-0.3, -0.25) is 4.79 Å². The van der Waals surface area contributed by atoms with Crippen LogP contribution in [0.1, 0.15) is 39.5 Å². The van der Waals surface area contributed by atoms with Crippen LogP contribution in [0.15, 0.2) is 0 Å². The molecule has 0 aromatic carbocycles. The smallest absolute Gasteiger partial charge is 0.223 e. The van der Waals surface area contributed by atoms with Gasteiger partial charge in [-0.15, -0.1) is 0 Å². The lowest BCUT2D eigenvalue weighted by molar-refractivity contribution is -0.126. The number of hydrogen-bond acceptors (Lipinski definition) is 2. The second-order valence-electron chi connectivity index (χ2n) is 5.10. The third-order valence-corrected chi connectivity index (χ3v) is 3.17. The van der Waals surface area contributed by atoms with Gasteiger partial charge in [-0.1, -0.05) is 20.3 Å². The van der Waals surface area contributed by atoms with Crippen LogP contribution < -0.4 is 11.1 Å². The average Bonchev–Trinajstić information content (AvgIpc) is 2.26. The molecule has 0 saturated heterocycles. The largest absolute Gasteiger partial charge is 0.356 e. The first kappa shape index (κ1) is 12.5. The van der Waals surface area contributed by atoms with Crippen LogP contribution in [0.25, 0.3) is 0 Å². The standard InChI is InChI=1S/C12H24N2O/c1-9(2)8-14-12(15)11-5-3-4-10(6-11)7-13/h9-11H,3-8,13H2,1-2H3,(H,14,15). The third kappa shape index (κ3) is 4.20. The van der Waals surface area contributed by atoms with E-state index in [1.54, 1.807) is 0 Å². The van der Waals surface area contributed by atoms with Crippen LogP contribution in [-0.4, -0.2) is 19.0 Å². The minimum atomic E-state index is 0.214. The van der Waals surface area contributed by atoms with Crippen LogP contribution in [0.4, 0.5) is 0 Å². The predicted octanol–water partition coefficient (Wildman–Crippen LogP) is 1.52. The fourth-order valence-electron chi connectivity index (χ4n) is 2.19. The van der Waals surface area contributed by atoms with Gasteiger partial charge in [-0.2, -0.15) is 0 Å². The number of nitrogens with two attached hydrogens (primary N) is 1. The van der Waals surface area contributed by atoms with E-state index in [2.05, 4.69) is 19.2 Å². The lowest BCUT2D eigenvalue weighted by Crippen LogP contribution is -2.36. The molecule has 88 valence electrons. The topological polar surface area (TPSA) is 55.1 Å². The average molecular weight is 212 g/mol. The second kappa shape index (κ2) is 6.11. The maximum absolute atomic E-state index is 11.8. The highest BCUT2D eigenvalue weighted by Gasteiger charge is 2.26. The molecule has 1 aliphatic carbocycles. The summed E-state index contributed by atoms with van der Waals surface area (Å²) in [4.78, 5) is 11.8. The van der Waals surface area contributed by atoms with Crippen LogP contribution in [0.3, 0.4) is 0 Å². The molecule has 0 aliphatic heterocycles. The van der Waals surface area contributed by atoms with Crippen molar-refractivity contribution in [2.75, 3.05) is 13.1 Å². The molecular formula is C12H24N2O. The lowest BCUT2D eigenvalue weighted by atomic mass is 9.81. The van der Waals surface area contributed by atoms with Crippen molar-refractivity contribution in [2.24, 2.45) is 23.5 Å². The highest BCUT2D eigenvalue weighted by atomic mass is 16.1. The first-order valence-electron chi connectivity index (χ1n) is 6.11. The normalized spacial score (nSPS) is 26.7. The van der Waals surface area contributed by atoms with Crippen molar-refractivity contribution in [1.29, 1.82) is 0 Å². The van der Waals surface area contributed by atoms with Crippen molar-refractivity contribution >= 4 is 5.91 Å². The quantitative estimate of drug-likeness (QED) is 0.742. The zero-order valence-corrected chi connectivity index (χ0v) is 9.96. The van der Waals surface area contributed by atoms with Crippen LogP contribution >= 0.6 is 0 Å². The van der Waals surface area contributed by atoms with Crippen molar-refractivity contribution in [3.05, 3.63) is 0 Å². The molecule has 1 aliphatic rings. The van der Waals surface area contributed by atoms with Gasteiger partial charge in [0, 0.05) is 12.5 Å². The maximum Gasteiger partial charge on any atom is 0.223 e. The van der Waals surface area contributed by atoms with Crippen molar-refractivity contribution in [1.82, 2.24) is 5.32 Å². The second-order valence-corrected chi connectivity index (χ2v) is 5.10. The van der Waals surface area contributed by atoms with E-state index in [-0.39, 0.29) is 11.8 Å². The molecule has 3 heteroatoms. The summed E-state index contributed by atoms with van der Waals surface area (Å²) < 4.78 is 0. The Labute approximate surface area is 92.8 Å². The maximum atomic E-state index is 11.8. The van der Waals surface area contributed by atoms with Crippen molar-refractivity contribution in [3.8, 4) is 0 Å². The fraction of sp³-hybridized carbons (Fsp3) is 0.917. The number of nitrogens with one attached hydrogen (secondary N) is 1. The third-order valence-electron chi connectivity index (χ3n) is 3.17. The Bertz CT molecular complexity index is 204.